The standard InChI is InChI=1S/C18H16F3N3O/c1-10-3-5-14(22)8-16(10)12-4-6-15-13(7-12)9-23-24-17(15)25-11(2)18(19,20)21/h3-9,11H,22H2,1-2H3. The lowest BCUT2D eigenvalue weighted by molar-refractivity contribution is -0.189. The van der Waals surface area contributed by atoms with Crippen molar-refractivity contribution in [3.63, 3.8) is 0 Å². The summed E-state index contributed by atoms with van der Waals surface area (Å²) in [6.07, 6.45) is -4.95. The molecule has 1 aromatic heterocycles. The molecule has 4 nitrogen and oxygen atoms in total. The summed E-state index contributed by atoms with van der Waals surface area (Å²) in [7, 11) is 0. The Balaban J connectivity index is 2.04. The van der Waals surface area contributed by atoms with Crippen LogP contribution in [-0.2, 0) is 0 Å². The second kappa shape index (κ2) is 6.23. The molecule has 3 aromatic rings. The second-order valence-corrected chi connectivity index (χ2v) is 5.83. The molecule has 2 aromatic carbocycles. The predicted molar refractivity (Wildman–Crippen MR) is 90.3 cm³/mol. The summed E-state index contributed by atoms with van der Waals surface area (Å²) < 4.78 is 43.1. The number of rotatable bonds is 3. The van der Waals surface area contributed by atoms with Gasteiger partial charge in [0.05, 0.1) is 6.20 Å². The predicted octanol–water partition coefficient (Wildman–Crippen LogP) is 4.52. The van der Waals surface area contributed by atoms with Crippen LogP contribution in [0.4, 0.5) is 18.9 Å². The van der Waals surface area contributed by atoms with Crippen molar-refractivity contribution in [1.29, 1.82) is 0 Å². The molecule has 0 radical (unpaired) electrons. The first-order chi connectivity index (χ1) is 11.8. The van der Waals surface area contributed by atoms with Crippen LogP contribution in [0.2, 0.25) is 0 Å². The van der Waals surface area contributed by atoms with Gasteiger partial charge in [0, 0.05) is 16.5 Å². The summed E-state index contributed by atoms with van der Waals surface area (Å²) in [6, 6.07) is 10.9. The molecule has 0 amide bonds. The maximum absolute atomic E-state index is 12.7. The quantitative estimate of drug-likeness (QED) is 0.708. The van der Waals surface area contributed by atoms with Gasteiger partial charge in [0.25, 0.3) is 0 Å². The Kier molecular flexibility index (Phi) is 4.24. The van der Waals surface area contributed by atoms with Gasteiger partial charge in [-0.3, -0.25) is 0 Å². The molecule has 1 unspecified atom stereocenters. The fourth-order valence-electron chi connectivity index (χ4n) is 2.50. The number of nitrogens with two attached hydrogens (primary N) is 1. The number of ether oxygens (including phenoxy) is 1. The minimum Gasteiger partial charge on any atom is -0.463 e. The number of hydrogen-bond donors (Lipinski definition) is 1. The molecule has 25 heavy (non-hydrogen) atoms. The third-order valence-corrected chi connectivity index (χ3v) is 3.95. The summed E-state index contributed by atoms with van der Waals surface area (Å²) in [5, 5.41) is 8.56. The normalized spacial score (nSPS) is 13.0. The highest BCUT2D eigenvalue weighted by Crippen LogP contribution is 2.32. The molecule has 0 aliphatic carbocycles. The number of nitrogen functional groups attached to an aromatic ring is 1. The van der Waals surface area contributed by atoms with Gasteiger partial charge in [0.2, 0.25) is 5.88 Å². The van der Waals surface area contributed by atoms with Gasteiger partial charge in [0.1, 0.15) is 0 Å². The maximum atomic E-state index is 12.7. The monoisotopic (exact) mass is 347 g/mol. The zero-order valence-corrected chi connectivity index (χ0v) is 13.6. The van der Waals surface area contributed by atoms with Gasteiger partial charge in [-0.2, -0.15) is 18.3 Å². The van der Waals surface area contributed by atoms with E-state index in [4.69, 9.17) is 10.5 Å². The Morgan fingerprint density at radius 1 is 1.12 bits per heavy atom. The van der Waals surface area contributed by atoms with Crippen molar-refractivity contribution in [2.24, 2.45) is 0 Å². The van der Waals surface area contributed by atoms with Crippen LogP contribution in [0.3, 0.4) is 0 Å². The number of hydrogen-bond acceptors (Lipinski definition) is 4. The Hall–Kier alpha value is -2.83. The molecule has 0 aliphatic heterocycles. The third-order valence-electron chi connectivity index (χ3n) is 3.95. The largest absolute Gasteiger partial charge is 0.463 e. The molecule has 7 heteroatoms. The molecule has 1 atom stereocenters. The van der Waals surface area contributed by atoms with Gasteiger partial charge in [-0.05, 0) is 54.8 Å². The molecule has 0 saturated heterocycles. The number of benzene rings is 2. The smallest absolute Gasteiger partial charge is 0.425 e. The number of fused-ring (bicyclic) bond motifs is 1. The van der Waals surface area contributed by atoms with E-state index in [2.05, 4.69) is 10.2 Å². The van der Waals surface area contributed by atoms with Crippen molar-refractivity contribution in [3.8, 4) is 17.0 Å². The van der Waals surface area contributed by atoms with Crippen LogP contribution in [0.25, 0.3) is 21.9 Å². The van der Waals surface area contributed by atoms with E-state index in [1.54, 1.807) is 12.1 Å². The van der Waals surface area contributed by atoms with E-state index in [0.29, 0.717) is 16.5 Å². The topological polar surface area (TPSA) is 61.0 Å². The average molecular weight is 347 g/mol. The highest BCUT2D eigenvalue weighted by atomic mass is 19.4. The van der Waals surface area contributed by atoms with E-state index in [1.165, 1.54) is 6.20 Å². The van der Waals surface area contributed by atoms with E-state index in [1.807, 2.05) is 31.2 Å². The molecule has 1 heterocycles. The number of aryl methyl sites for hydroxylation is 1. The average Bonchev–Trinajstić information content (AvgIpc) is 2.56. The van der Waals surface area contributed by atoms with Crippen LogP contribution in [0.5, 0.6) is 5.88 Å². The van der Waals surface area contributed by atoms with Crippen molar-refractivity contribution in [3.05, 3.63) is 48.2 Å². The highest BCUT2D eigenvalue weighted by molar-refractivity contribution is 5.90. The maximum Gasteiger partial charge on any atom is 0.425 e. The molecule has 0 spiro atoms. The number of aromatic nitrogens is 2. The Bertz CT molecular complexity index is 925. The van der Waals surface area contributed by atoms with Crippen LogP contribution < -0.4 is 10.5 Å². The SMILES string of the molecule is Cc1ccc(N)cc1-c1ccc2c(OC(C)C(F)(F)F)nncc2c1. The van der Waals surface area contributed by atoms with Gasteiger partial charge in [0.15, 0.2) is 6.10 Å². The first-order valence-electron chi connectivity index (χ1n) is 7.61. The number of halogens is 3. The highest BCUT2D eigenvalue weighted by Gasteiger charge is 2.38. The number of alkyl halides is 3. The van der Waals surface area contributed by atoms with Crippen LogP contribution in [0.15, 0.2) is 42.6 Å². The molecule has 0 fully saturated rings. The zero-order valence-electron chi connectivity index (χ0n) is 13.6. The van der Waals surface area contributed by atoms with Crippen molar-refractivity contribution in [2.75, 3.05) is 5.73 Å². The summed E-state index contributed by atoms with van der Waals surface area (Å²) in [6.45, 7) is 2.90. The molecule has 3 rings (SSSR count). The van der Waals surface area contributed by atoms with E-state index < -0.39 is 12.3 Å². The summed E-state index contributed by atoms with van der Waals surface area (Å²) in [5.41, 5.74) is 9.36. The lowest BCUT2D eigenvalue weighted by Crippen LogP contribution is -2.31. The third kappa shape index (κ3) is 3.50. The van der Waals surface area contributed by atoms with Crippen LogP contribution in [0, 0.1) is 6.92 Å². The van der Waals surface area contributed by atoms with Crippen LogP contribution in [-0.4, -0.2) is 22.5 Å². The molecule has 0 aliphatic rings. The Morgan fingerprint density at radius 2 is 1.88 bits per heavy atom. The van der Waals surface area contributed by atoms with Crippen LogP contribution in [0.1, 0.15) is 12.5 Å². The van der Waals surface area contributed by atoms with Crippen molar-refractivity contribution >= 4 is 16.5 Å². The second-order valence-electron chi connectivity index (χ2n) is 5.83. The lowest BCUT2D eigenvalue weighted by Gasteiger charge is -2.17. The van der Waals surface area contributed by atoms with Gasteiger partial charge in [-0.1, -0.05) is 12.1 Å². The summed E-state index contributed by atoms with van der Waals surface area (Å²) in [5.74, 6) is -0.141. The fraction of sp³-hybridized carbons (Fsp3) is 0.222. The van der Waals surface area contributed by atoms with Gasteiger partial charge in [-0.15, -0.1) is 5.10 Å². The van der Waals surface area contributed by atoms with Gasteiger partial charge >= 0.3 is 6.18 Å². The molecule has 0 bridgehead atoms. The van der Waals surface area contributed by atoms with E-state index in [0.717, 1.165) is 23.6 Å². The van der Waals surface area contributed by atoms with Crippen LogP contribution >= 0.6 is 0 Å². The first kappa shape index (κ1) is 17.0. The minimum atomic E-state index is -4.47. The van der Waals surface area contributed by atoms with Gasteiger partial charge < -0.3 is 10.5 Å². The first-order valence-corrected chi connectivity index (χ1v) is 7.61. The molecule has 2 N–H and O–H groups in total. The zero-order chi connectivity index (χ0) is 18.2. The van der Waals surface area contributed by atoms with E-state index >= 15 is 0 Å². The van der Waals surface area contributed by atoms with Gasteiger partial charge in [-0.25, -0.2) is 0 Å². The molecular formula is C18H16F3N3O. The van der Waals surface area contributed by atoms with Crippen molar-refractivity contribution < 1.29 is 17.9 Å². The van der Waals surface area contributed by atoms with E-state index in [-0.39, 0.29) is 5.88 Å². The Labute approximate surface area is 142 Å². The lowest BCUT2D eigenvalue weighted by atomic mass is 9.98. The van der Waals surface area contributed by atoms with E-state index in [9.17, 15) is 13.2 Å². The molecule has 0 saturated carbocycles. The molecular weight excluding hydrogens is 331 g/mol. The van der Waals surface area contributed by atoms with Crippen molar-refractivity contribution in [1.82, 2.24) is 10.2 Å². The number of anilines is 1. The summed E-state index contributed by atoms with van der Waals surface area (Å²) >= 11 is 0. The number of nitrogens with zero attached hydrogens (tertiary/aromatic N) is 2. The summed E-state index contributed by atoms with van der Waals surface area (Å²) in [4.78, 5) is 0. The van der Waals surface area contributed by atoms with Crippen molar-refractivity contribution in [2.45, 2.75) is 26.1 Å². The fourth-order valence-corrected chi connectivity index (χ4v) is 2.50. The minimum absolute atomic E-state index is 0.141. The molecule has 130 valence electrons. The Morgan fingerprint density at radius 3 is 2.60 bits per heavy atom.